The Kier molecular flexibility index (Phi) is 7.28. The molecule has 37 heavy (non-hydrogen) atoms. The molecule has 0 spiro atoms. The van der Waals surface area contributed by atoms with E-state index in [9.17, 15) is 9.18 Å². The maximum absolute atomic E-state index is 14.1. The zero-order valence-electron chi connectivity index (χ0n) is 21.8. The van der Waals surface area contributed by atoms with E-state index in [-0.39, 0.29) is 23.2 Å². The first kappa shape index (κ1) is 25.9. The highest BCUT2D eigenvalue weighted by Crippen LogP contribution is 2.26. The molecule has 9 nitrogen and oxygen atoms in total. The summed E-state index contributed by atoms with van der Waals surface area (Å²) in [7, 11) is 0. The molecule has 0 saturated carbocycles. The number of carbonyl (C=O) groups excluding carboxylic acids is 1. The second-order valence-corrected chi connectivity index (χ2v) is 9.87. The molecule has 1 aromatic carbocycles. The van der Waals surface area contributed by atoms with Crippen molar-refractivity contribution in [2.75, 3.05) is 5.32 Å². The molecule has 0 aliphatic heterocycles. The number of hydrogen-bond donors (Lipinski definition) is 2. The van der Waals surface area contributed by atoms with Crippen molar-refractivity contribution in [3.63, 3.8) is 0 Å². The Morgan fingerprint density at radius 3 is 2.51 bits per heavy atom. The molecule has 0 saturated heterocycles. The van der Waals surface area contributed by atoms with Crippen LogP contribution in [0, 0.1) is 12.7 Å². The van der Waals surface area contributed by atoms with Crippen molar-refractivity contribution in [2.24, 2.45) is 0 Å². The van der Waals surface area contributed by atoms with Gasteiger partial charge in [0.15, 0.2) is 5.82 Å². The Balaban J connectivity index is 1.48. The summed E-state index contributed by atoms with van der Waals surface area (Å²) >= 11 is 0. The molecule has 192 valence electrons. The fourth-order valence-corrected chi connectivity index (χ4v) is 3.78. The Labute approximate surface area is 215 Å². The number of nitrogens with zero attached hydrogens (tertiary/aromatic N) is 5. The van der Waals surface area contributed by atoms with E-state index in [4.69, 9.17) is 4.52 Å². The van der Waals surface area contributed by atoms with Gasteiger partial charge in [-0.05, 0) is 37.5 Å². The molecule has 0 radical (unpaired) electrons. The van der Waals surface area contributed by atoms with Gasteiger partial charge in [-0.25, -0.2) is 19.3 Å². The van der Waals surface area contributed by atoms with Gasteiger partial charge in [-0.15, -0.1) is 0 Å². The first-order chi connectivity index (χ1) is 17.5. The monoisotopic (exact) mass is 503 g/mol. The van der Waals surface area contributed by atoms with Crippen molar-refractivity contribution in [3.05, 3.63) is 77.1 Å². The first-order valence-corrected chi connectivity index (χ1v) is 12.0. The average Bonchev–Trinajstić information content (AvgIpc) is 3.36. The Morgan fingerprint density at radius 2 is 1.86 bits per heavy atom. The Hall–Kier alpha value is -4.21. The third-order valence-electron chi connectivity index (χ3n) is 5.90. The second kappa shape index (κ2) is 10.4. The lowest BCUT2D eigenvalue weighted by atomic mass is 9.96. The van der Waals surface area contributed by atoms with Gasteiger partial charge in [-0.1, -0.05) is 45.0 Å². The van der Waals surface area contributed by atoms with E-state index in [1.54, 1.807) is 6.07 Å². The summed E-state index contributed by atoms with van der Waals surface area (Å²) in [6, 6.07) is 8.70. The number of pyridine rings is 1. The lowest BCUT2D eigenvalue weighted by molar-refractivity contribution is 0.0895. The molecular formula is C27H30FN7O2. The van der Waals surface area contributed by atoms with Crippen molar-refractivity contribution in [2.45, 2.75) is 59.4 Å². The third kappa shape index (κ3) is 5.96. The topological polar surface area (TPSA) is 119 Å². The van der Waals surface area contributed by atoms with Crippen LogP contribution < -0.4 is 10.6 Å². The summed E-state index contributed by atoms with van der Waals surface area (Å²) in [6.45, 7) is 11.6. The zero-order chi connectivity index (χ0) is 26.7. The van der Waals surface area contributed by atoms with E-state index in [0.717, 1.165) is 16.7 Å². The lowest BCUT2D eigenvalue weighted by Crippen LogP contribution is -2.27. The van der Waals surface area contributed by atoms with E-state index in [1.807, 2.05) is 59.7 Å². The number of rotatable bonds is 7. The van der Waals surface area contributed by atoms with Crippen molar-refractivity contribution >= 4 is 17.5 Å². The summed E-state index contributed by atoms with van der Waals surface area (Å²) in [5.41, 5.74) is 3.71. The predicted molar refractivity (Wildman–Crippen MR) is 138 cm³/mol. The van der Waals surface area contributed by atoms with Gasteiger partial charge in [0, 0.05) is 34.9 Å². The van der Waals surface area contributed by atoms with Crippen LogP contribution in [0.2, 0.25) is 0 Å². The van der Waals surface area contributed by atoms with Crippen LogP contribution in [0.3, 0.4) is 0 Å². The largest absolute Gasteiger partial charge is 0.341 e. The highest BCUT2D eigenvalue weighted by molar-refractivity contribution is 5.89. The molecular weight excluding hydrogens is 473 g/mol. The van der Waals surface area contributed by atoms with Gasteiger partial charge in [-0.3, -0.25) is 4.79 Å². The molecule has 0 aliphatic carbocycles. The Morgan fingerprint density at radius 1 is 1.11 bits per heavy atom. The summed E-state index contributed by atoms with van der Waals surface area (Å²) in [5, 5.41) is 9.86. The van der Waals surface area contributed by atoms with Gasteiger partial charge >= 0.3 is 11.8 Å². The number of aromatic nitrogens is 5. The number of carbonyl (C=O) groups is 1. The number of nitrogens with one attached hydrogen (secondary N) is 2. The number of amides is 1. The highest BCUT2D eigenvalue weighted by Gasteiger charge is 2.25. The highest BCUT2D eigenvalue weighted by atomic mass is 19.1. The smallest absolute Gasteiger partial charge is 0.315 e. The van der Waals surface area contributed by atoms with Crippen LogP contribution in [0.1, 0.15) is 73.9 Å². The second-order valence-electron chi connectivity index (χ2n) is 9.87. The van der Waals surface area contributed by atoms with Gasteiger partial charge in [0.05, 0.1) is 11.7 Å². The zero-order valence-corrected chi connectivity index (χ0v) is 21.8. The molecule has 0 aliphatic rings. The molecule has 1 amide bonds. The summed E-state index contributed by atoms with van der Waals surface area (Å²) < 4.78 is 19.3. The standard InChI is InChI=1S/C27H30FN7O2/c1-7-17-13-29-22(11-20(17)28)33-23-12-21(30-14-31-23)18-8-9-19(15(2)10-18)16(3)32-24(36)25-34-26(35-37-25)27(4,5)6/h8-14,16H,7H2,1-6H3,(H,32,36)(H,29,30,31,33)/t16-/m1/s1. The van der Waals surface area contributed by atoms with Gasteiger partial charge in [0.2, 0.25) is 0 Å². The normalized spacial score (nSPS) is 12.3. The summed E-state index contributed by atoms with van der Waals surface area (Å²) in [6.07, 6.45) is 3.53. The average molecular weight is 504 g/mol. The van der Waals surface area contributed by atoms with Gasteiger partial charge in [0.1, 0.15) is 23.8 Å². The van der Waals surface area contributed by atoms with E-state index in [2.05, 4.69) is 35.7 Å². The van der Waals surface area contributed by atoms with Crippen molar-refractivity contribution in [3.8, 4) is 11.3 Å². The number of anilines is 2. The molecule has 0 bridgehead atoms. The van der Waals surface area contributed by atoms with E-state index < -0.39 is 5.91 Å². The molecule has 1 atom stereocenters. The van der Waals surface area contributed by atoms with E-state index >= 15 is 0 Å². The maximum Gasteiger partial charge on any atom is 0.315 e. The number of benzene rings is 1. The molecule has 2 N–H and O–H groups in total. The van der Waals surface area contributed by atoms with Crippen LogP contribution in [0.15, 0.2) is 47.4 Å². The van der Waals surface area contributed by atoms with Crippen LogP contribution in [0.5, 0.6) is 0 Å². The number of halogens is 1. The molecule has 10 heteroatoms. The minimum absolute atomic E-state index is 0.0641. The fraction of sp³-hybridized carbons (Fsp3) is 0.333. The quantitative estimate of drug-likeness (QED) is 0.341. The van der Waals surface area contributed by atoms with Crippen molar-refractivity contribution in [1.82, 2.24) is 30.4 Å². The minimum Gasteiger partial charge on any atom is -0.341 e. The molecule has 4 aromatic rings. The molecule has 0 fully saturated rings. The van der Waals surface area contributed by atoms with Gasteiger partial charge < -0.3 is 15.2 Å². The number of hydrogen-bond acceptors (Lipinski definition) is 8. The maximum atomic E-state index is 14.1. The van der Waals surface area contributed by atoms with Crippen molar-refractivity contribution < 1.29 is 13.7 Å². The molecule has 3 aromatic heterocycles. The summed E-state index contributed by atoms with van der Waals surface area (Å²) in [5.74, 6) is 0.538. The fourth-order valence-electron chi connectivity index (χ4n) is 3.78. The SMILES string of the molecule is CCc1cnc(Nc2cc(-c3ccc([C@@H](C)NC(=O)c4nc(C(C)(C)C)no4)c(C)c3)ncn2)cc1F. The molecule has 0 unspecified atom stereocenters. The van der Waals surface area contributed by atoms with Crippen LogP contribution >= 0.6 is 0 Å². The van der Waals surface area contributed by atoms with Crippen LogP contribution in [0.4, 0.5) is 16.0 Å². The molecule has 3 heterocycles. The Bertz CT molecular complexity index is 1430. The van der Waals surface area contributed by atoms with Crippen molar-refractivity contribution in [1.29, 1.82) is 0 Å². The third-order valence-corrected chi connectivity index (χ3v) is 5.90. The van der Waals surface area contributed by atoms with E-state index in [0.29, 0.717) is 35.1 Å². The summed E-state index contributed by atoms with van der Waals surface area (Å²) in [4.78, 5) is 29.7. The number of aryl methyl sites for hydroxylation is 2. The predicted octanol–water partition coefficient (Wildman–Crippen LogP) is 5.46. The van der Waals surface area contributed by atoms with Gasteiger partial charge in [-0.2, -0.15) is 4.98 Å². The van der Waals surface area contributed by atoms with Crippen LogP contribution in [0.25, 0.3) is 11.3 Å². The lowest BCUT2D eigenvalue weighted by Gasteiger charge is -2.16. The van der Waals surface area contributed by atoms with Gasteiger partial charge in [0.25, 0.3) is 0 Å². The van der Waals surface area contributed by atoms with Crippen LogP contribution in [-0.2, 0) is 11.8 Å². The molecule has 4 rings (SSSR count). The van der Waals surface area contributed by atoms with E-state index in [1.165, 1.54) is 18.6 Å². The minimum atomic E-state index is -0.428. The van der Waals surface area contributed by atoms with Crippen LogP contribution in [-0.4, -0.2) is 31.0 Å². The first-order valence-electron chi connectivity index (χ1n) is 12.0.